The van der Waals surface area contributed by atoms with Crippen molar-refractivity contribution in [3.05, 3.63) is 82.0 Å². The first-order valence-electron chi connectivity index (χ1n) is 13.0. The molecule has 0 fully saturated rings. The first kappa shape index (κ1) is 27.1. The number of methoxy groups -OCH3 is 2. The van der Waals surface area contributed by atoms with Crippen LogP contribution in [0.5, 0.6) is 23.0 Å². The van der Waals surface area contributed by atoms with Crippen molar-refractivity contribution in [2.45, 2.75) is 39.2 Å². The van der Waals surface area contributed by atoms with E-state index in [1.54, 1.807) is 7.11 Å². The molecule has 0 aliphatic rings. The minimum Gasteiger partial charge on any atom is -0.507 e. The molecule has 4 aromatic rings. The fraction of sp³-hybridized carbons (Fsp3) is 0.323. The van der Waals surface area contributed by atoms with Crippen molar-refractivity contribution in [3.63, 3.8) is 0 Å². The van der Waals surface area contributed by atoms with Crippen LogP contribution in [0.25, 0.3) is 22.3 Å². The Morgan fingerprint density at radius 2 is 1.66 bits per heavy atom. The summed E-state index contributed by atoms with van der Waals surface area (Å²) in [7, 11) is 3.08. The summed E-state index contributed by atoms with van der Waals surface area (Å²) >= 11 is 0. The summed E-state index contributed by atoms with van der Waals surface area (Å²) in [6.45, 7) is 5.12. The minimum atomic E-state index is -0.409. The lowest BCUT2D eigenvalue weighted by atomic mass is 10.0. The number of hydrogen-bond donors (Lipinski definition) is 2. The number of fused-ring (bicyclic) bond motifs is 1. The molecule has 1 heterocycles. The smallest absolute Gasteiger partial charge is 0.204 e. The molecular weight excluding hydrogens is 482 g/mol. The summed E-state index contributed by atoms with van der Waals surface area (Å²) in [5.74, 6) is 0.642. The molecule has 0 saturated heterocycles. The summed E-state index contributed by atoms with van der Waals surface area (Å²) in [6, 6.07) is 18.5. The van der Waals surface area contributed by atoms with E-state index in [-0.39, 0.29) is 28.2 Å². The number of aromatic hydroxyl groups is 2. The zero-order valence-corrected chi connectivity index (χ0v) is 22.2. The van der Waals surface area contributed by atoms with Crippen molar-refractivity contribution in [3.8, 4) is 34.3 Å². The van der Waals surface area contributed by atoms with Gasteiger partial charge in [0.15, 0.2) is 16.8 Å². The van der Waals surface area contributed by atoms with Crippen LogP contribution in [0, 0.1) is 0 Å². The maximum atomic E-state index is 12.7. The third-order valence-corrected chi connectivity index (χ3v) is 6.83. The molecule has 0 unspecified atom stereocenters. The molecule has 0 atom stereocenters. The Labute approximate surface area is 222 Å². The molecule has 0 spiro atoms. The molecule has 0 amide bonds. The average Bonchev–Trinajstić information content (AvgIpc) is 2.92. The van der Waals surface area contributed by atoms with Crippen molar-refractivity contribution in [1.29, 1.82) is 0 Å². The van der Waals surface area contributed by atoms with Crippen LogP contribution in [0.4, 0.5) is 0 Å². The van der Waals surface area contributed by atoms with Gasteiger partial charge in [0.2, 0.25) is 5.75 Å². The van der Waals surface area contributed by atoms with Gasteiger partial charge in [0, 0.05) is 29.8 Å². The van der Waals surface area contributed by atoms with Crippen molar-refractivity contribution >= 4 is 11.0 Å². The van der Waals surface area contributed by atoms with Gasteiger partial charge in [-0.3, -0.25) is 9.69 Å². The molecule has 7 heteroatoms. The lowest BCUT2D eigenvalue weighted by molar-refractivity contribution is 0.268. The Morgan fingerprint density at radius 1 is 0.895 bits per heavy atom. The minimum absolute atomic E-state index is 0.0120. The summed E-state index contributed by atoms with van der Waals surface area (Å²) < 4.78 is 16.6. The van der Waals surface area contributed by atoms with Crippen LogP contribution in [0.15, 0.2) is 69.9 Å². The number of para-hydroxylation sites is 1. The van der Waals surface area contributed by atoms with Gasteiger partial charge in [-0.05, 0) is 44.0 Å². The quantitative estimate of drug-likeness (QED) is 0.219. The standard InChI is InChI=1S/C31H35NO6/c1-4-32(20-23-11-7-8-12-27(23)36-2)17-9-5-6-10-21-13-15-22(16-14-21)28-19-25(34)29-24(33)18-26(35)30(37-3)31(29)38-28/h7-8,11-16,18-19,33,35H,4-6,9-10,17,20H2,1-3H3. The molecular formula is C31H35NO6. The predicted octanol–water partition coefficient (Wildman–Crippen LogP) is 6.12. The molecule has 7 nitrogen and oxygen atoms in total. The van der Waals surface area contributed by atoms with E-state index in [2.05, 4.69) is 24.0 Å². The van der Waals surface area contributed by atoms with Gasteiger partial charge in [-0.1, -0.05) is 55.8 Å². The fourth-order valence-electron chi connectivity index (χ4n) is 4.72. The van der Waals surface area contributed by atoms with Crippen molar-refractivity contribution < 1.29 is 24.1 Å². The first-order valence-corrected chi connectivity index (χ1v) is 13.0. The summed E-state index contributed by atoms with van der Waals surface area (Å²) in [5.41, 5.74) is 2.77. The molecule has 0 radical (unpaired) electrons. The number of rotatable bonds is 12. The van der Waals surface area contributed by atoms with Gasteiger partial charge >= 0.3 is 0 Å². The van der Waals surface area contributed by atoms with Crippen LogP contribution in [0.2, 0.25) is 0 Å². The second kappa shape index (κ2) is 12.5. The van der Waals surface area contributed by atoms with Crippen LogP contribution < -0.4 is 14.9 Å². The predicted molar refractivity (Wildman–Crippen MR) is 149 cm³/mol. The average molecular weight is 518 g/mol. The number of aryl methyl sites for hydroxylation is 1. The first-order chi connectivity index (χ1) is 18.4. The van der Waals surface area contributed by atoms with Gasteiger partial charge in [0.05, 0.1) is 14.2 Å². The molecule has 4 rings (SSSR count). The highest BCUT2D eigenvalue weighted by Crippen LogP contribution is 2.40. The zero-order chi connectivity index (χ0) is 27.1. The van der Waals surface area contributed by atoms with Crippen LogP contribution in [0.3, 0.4) is 0 Å². The number of ether oxygens (including phenoxy) is 2. The normalized spacial score (nSPS) is 11.3. The lowest BCUT2D eigenvalue weighted by Gasteiger charge is -2.21. The van der Waals surface area contributed by atoms with E-state index in [0.29, 0.717) is 5.76 Å². The summed E-state index contributed by atoms with van der Waals surface area (Å²) in [5, 5.41) is 20.2. The van der Waals surface area contributed by atoms with E-state index >= 15 is 0 Å². The fourth-order valence-corrected chi connectivity index (χ4v) is 4.72. The van der Waals surface area contributed by atoms with Gasteiger partial charge in [-0.15, -0.1) is 0 Å². The van der Waals surface area contributed by atoms with Crippen LogP contribution in [-0.2, 0) is 13.0 Å². The van der Waals surface area contributed by atoms with Crippen molar-refractivity contribution in [2.75, 3.05) is 27.3 Å². The van der Waals surface area contributed by atoms with Gasteiger partial charge in [-0.2, -0.15) is 0 Å². The van der Waals surface area contributed by atoms with Gasteiger partial charge < -0.3 is 24.1 Å². The Morgan fingerprint density at radius 3 is 2.37 bits per heavy atom. The number of hydrogen-bond acceptors (Lipinski definition) is 7. The molecule has 200 valence electrons. The molecule has 1 aromatic heterocycles. The second-order valence-electron chi connectivity index (χ2n) is 9.32. The Bertz CT molecular complexity index is 1430. The largest absolute Gasteiger partial charge is 0.507 e. The number of benzene rings is 3. The van der Waals surface area contributed by atoms with E-state index in [1.807, 2.05) is 36.4 Å². The number of nitrogens with zero attached hydrogens (tertiary/aromatic N) is 1. The number of unbranched alkanes of at least 4 members (excludes halogenated alkanes) is 2. The molecule has 0 bridgehead atoms. The monoisotopic (exact) mass is 517 g/mol. The van der Waals surface area contributed by atoms with E-state index in [4.69, 9.17) is 13.9 Å². The molecule has 0 aliphatic carbocycles. The Hall–Kier alpha value is -3.97. The third-order valence-electron chi connectivity index (χ3n) is 6.83. The topological polar surface area (TPSA) is 92.4 Å². The number of phenolic OH excluding ortho intramolecular Hbond substituents is 2. The Balaban J connectivity index is 1.34. The van der Waals surface area contributed by atoms with Gasteiger partial charge in [-0.25, -0.2) is 0 Å². The van der Waals surface area contributed by atoms with Gasteiger partial charge in [0.1, 0.15) is 22.6 Å². The SMILES string of the molecule is CCN(CCCCCc1ccc(-c2cc(=O)c3c(O)cc(O)c(OC)c3o2)cc1)Cc1ccccc1OC. The highest BCUT2D eigenvalue weighted by Gasteiger charge is 2.19. The molecule has 0 saturated carbocycles. The van der Waals surface area contributed by atoms with E-state index in [1.165, 1.54) is 24.3 Å². The zero-order valence-electron chi connectivity index (χ0n) is 22.2. The van der Waals surface area contributed by atoms with Crippen LogP contribution >= 0.6 is 0 Å². The third kappa shape index (κ3) is 6.11. The van der Waals surface area contributed by atoms with Crippen LogP contribution in [0.1, 0.15) is 37.3 Å². The van der Waals surface area contributed by atoms with Crippen molar-refractivity contribution in [1.82, 2.24) is 4.90 Å². The maximum absolute atomic E-state index is 12.7. The molecule has 3 aromatic carbocycles. The van der Waals surface area contributed by atoms with Crippen molar-refractivity contribution in [2.24, 2.45) is 0 Å². The Kier molecular flexibility index (Phi) is 8.92. The number of phenols is 2. The molecule has 0 aliphatic heterocycles. The van der Waals surface area contributed by atoms with Crippen LogP contribution in [-0.4, -0.2) is 42.4 Å². The lowest BCUT2D eigenvalue weighted by Crippen LogP contribution is -2.24. The van der Waals surface area contributed by atoms with Gasteiger partial charge in [0.25, 0.3) is 0 Å². The maximum Gasteiger partial charge on any atom is 0.204 e. The highest BCUT2D eigenvalue weighted by molar-refractivity contribution is 5.91. The second-order valence-corrected chi connectivity index (χ2v) is 9.32. The molecule has 2 N–H and O–H groups in total. The van der Waals surface area contributed by atoms with E-state index in [9.17, 15) is 15.0 Å². The summed E-state index contributed by atoms with van der Waals surface area (Å²) in [4.78, 5) is 15.1. The highest BCUT2D eigenvalue weighted by atomic mass is 16.5. The van der Waals surface area contributed by atoms with E-state index in [0.717, 1.165) is 62.7 Å². The van der Waals surface area contributed by atoms with E-state index < -0.39 is 5.43 Å². The summed E-state index contributed by atoms with van der Waals surface area (Å²) in [6.07, 6.45) is 4.32. The molecule has 38 heavy (non-hydrogen) atoms.